The fourth-order valence-corrected chi connectivity index (χ4v) is 1.76. The number of benzene rings is 2. The van der Waals surface area contributed by atoms with E-state index in [1.807, 2.05) is 0 Å². The van der Waals surface area contributed by atoms with E-state index in [9.17, 15) is 19.2 Å². The fraction of sp³-hybridized carbons (Fsp3) is 0.190. The number of ether oxygens (including phenoxy) is 3. The maximum atomic E-state index is 10.7. The molecule has 0 aliphatic heterocycles. The molecule has 0 aliphatic carbocycles. The minimum Gasteiger partial charge on any atom is -0.662 e. The van der Waals surface area contributed by atoms with E-state index in [0.717, 1.165) is 0 Å². The van der Waals surface area contributed by atoms with Gasteiger partial charge in [0, 0.05) is 63.9 Å². The van der Waals surface area contributed by atoms with Crippen molar-refractivity contribution in [1.29, 1.82) is 0 Å². The van der Waals surface area contributed by atoms with Gasteiger partial charge in [0.15, 0.2) is 6.61 Å². The third kappa shape index (κ3) is 26.4. The van der Waals surface area contributed by atoms with Crippen LogP contribution in [0.2, 0.25) is 0 Å². The third-order valence-electron chi connectivity index (χ3n) is 2.96. The molecule has 0 amide bonds. The number of halogens is 1. The molecule has 1 radical (unpaired) electrons. The molecule has 0 spiro atoms. The van der Waals surface area contributed by atoms with Gasteiger partial charge in [0.05, 0.1) is 14.2 Å². The number of hydrogen-bond donors (Lipinski definition) is 1. The first kappa shape index (κ1) is 41.6. The van der Waals surface area contributed by atoms with E-state index >= 15 is 0 Å². The summed E-state index contributed by atoms with van der Waals surface area (Å²) in [4.78, 5) is 52.3. The number of hydrogen-bond acceptors (Lipinski definition) is 11. The van der Waals surface area contributed by atoms with Crippen LogP contribution >= 0.6 is 15.9 Å². The number of aldehydes is 2. The Morgan fingerprint density at radius 1 is 0.971 bits per heavy atom. The molecule has 0 heterocycles. The van der Waals surface area contributed by atoms with Gasteiger partial charge in [-0.15, -0.1) is 0 Å². The smallest absolute Gasteiger partial charge is 0.662 e. The summed E-state index contributed by atoms with van der Waals surface area (Å²) < 4.78 is 13.7. The molecule has 0 fully saturated rings. The second-order valence-electron chi connectivity index (χ2n) is 5.17. The molecular weight excluding hydrogens is 586 g/mol. The van der Waals surface area contributed by atoms with Crippen molar-refractivity contribution in [2.45, 2.75) is 0 Å². The minimum atomic E-state index is -0.457. The van der Waals surface area contributed by atoms with E-state index in [-0.39, 0.29) is 134 Å². The number of aromatic hydroxyl groups is 1. The average molecular weight is 612 g/mol. The number of carbonyl (C=O) groups is 5. The van der Waals surface area contributed by atoms with E-state index in [0.29, 0.717) is 29.4 Å². The Morgan fingerprint density at radius 2 is 1.46 bits per heavy atom. The summed E-state index contributed by atoms with van der Waals surface area (Å²) in [6, 6.07) is 12.7. The van der Waals surface area contributed by atoms with Gasteiger partial charge in [-0.05, 0) is 24.3 Å². The van der Waals surface area contributed by atoms with Crippen molar-refractivity contribution >= 4 is 98.3 Å². The van der Waals surface area contributed by atoms with Crippen molar-refractivity contribution in [3.8, 4) is 11.5 Å². The van der Waals surface area contributed by atoms with Crippen molar-refractivity contribution in [3.05, 3.63) is 59.7 Å². The van der Waals surface area contributed by atoms with Gasteiger partial charge < -0.3 is 29.5 Å². The maximum absolute atomic E-state index is 10.7. The standard InChI is InChI=1S/C10H10O4.C7H6O2.C3H5BrO2.CH2O3.2K.H2/c1-13-10(12)7-14-9-4-2-3-8(5-9)6-11;8-5-6-2-1-3-7(9)4-6;1-6-3(5)2-4;2-1-4-3;;;/h2-6H,7H2,1H3;1-5,9H;2H2,1H3;1,3H;;;1H/q;;;;;+1;/p-1/i;;;;;;1+1. The van der Waals surface area contributed by atoms with Crippen LogP contribution in [0.5, 0.6) is 11.5 Å². The molecule has 0 atom stereocenters. The normalized spacial score (nSPS) is 7.89. The van der Waals surface area contributed by atoms with Crippen LogP contribution in [0.25, 0.3) is 0 Å². The van der Waals surface area contributed by atoms with Crippen molar-refractivity contribution in [2.24, 2.45) is 0 Å². The molecule has 0 saturated carbocycles. The molecule has 2 rings (SSSR count). The first-order chi connectivity index (χ1) is 15.8. The summed E-state index contributed by atoms with van der Waals surface area (Å²) >= 11 is 2.90. The number of esters is 2. The van der Waals surface area contributed by atoms with Crippen LogP contribution in [0.15, 0.2) is 48.5 Å². The number of phenols is 1. The van der Waals surface area contributed by atoms with Crippen LogP contribution in [0.4, 0.5) is 0 Å². The molecule has 11 nitrogen and oxygen atoms in total. The second-order valence-corrected chi connectivity index (χ2v) is 5.73. The average Bonchev–Trinajstić information content (AvgIpc) is 2.87. The van der Waals surface area contributed by atoms with Crippen LogP contribution in [-0.2, 0) is 28.7 Å². The third-order valence-corrected chi connectivity index (χ3v) is 3.42. The van der Waals surface area contributed by atoms with Crippen molar-refractivity contribution < 1.29 is 106 Å². The molecule has 0 aliphatic rings. The Morgan fingerprint density at radius 3 is 1.80 bits per heavy atom. The Balaban J connectivity index is -0.000000127. The monoisotopic (exact) mass is 610 g/mol. The van der Waals surface area contributed by atoms with Gasteiger partial charge in [-0.2, -0.15) is 0 Å². The molecule has 0 bridgehead atoms. The van der Waals surface area contributed by atoms with Gasteiger partial charge in [-0.3, -0.25) is 19.2 Å². The van der Waals surface area contributed by atoms with Crippen LogP contribution in [-0.4, -0.2) is 114 Å². The molecular formula is C21H24BrK2O11. The van der Waals surface area contributed by atoms with Crippen LogP contribution in [0, 0.1) is 0 Å². The molecule has 14 heteroatoms. The van der Waals surface area contributed by atoms with Gasteiger partial charge in [0.2, 0.25) is 0 Å². The van der Waals surface area contributed by atoms with E-state index in [4.69, 9.17) is 19.9 Å². The van der Waals surface area contributed by atoms with Gasteiger partial charge in [0.1, 0.15) is 29.4 Å². The molecule has 2 aromatic rings. The molecule has 1 N–H and O–H groups in total. The Labute approximate surface area is 297 Å². The van der Waals surface area contributed by atoms with Crippen LogP contribution < -0.4 is 61.4 Å². The first-order valence-corrected chi connectivity index (χ1v) is 9.77. The summed E-state index contributed by atoms with van der Waals surface area (Å²) in [5, 5.41) is 17.5. The van der Waals surface area contributed by atoms with Gasteiger partial charge in [-0.1, -0.05) is 40.2 Å². The summed E-state index contributed by atoms with van der Waals surface area (Å²) in [5.41, 5.74) is 1.00. The van der Waals surface area contributed by atoms with E-state index in [1.54, 1.807) is 36.4 Å². The number of methoxy groups -OCH3 is 2. The van der Waals surface area contributed by atoms with Gasteiger partial charge in [-0.25, -0.2) is 4.79 Å². The Kier molecular flexibility index (Phi) is 35.4. The predicted molar refractivity (Wildman–Crippen MR) is 124 cm³/mol. The zero-order valence-electron chi connectivity index (χ0n) is 19.7. The largest absolute Gasteiger partial charge is 1.00 e. The van der Waals surface area contributed by atoms with E-state index in [1.165, 1.54) is 26.4 Å². The van der Waals surface area contributed by atoms with Crippen LogP contribution in [0.1, 0.15) is 22.1 Å². The summed E-state index contributed by atoms with van der Waals surface area (Å²) in [5.74, 6) is -0.101. The summed E-state index contributed by atoms with van der Waals surface area (Å²) in [6.45, 7) is -0.335. The van der Waals surface area contributed by atoms with E-state index < -0.39 is 5.97 Å². The zero-order chi connectivity index (χ0) is 25.5. The Hall–Kier alpha value is -0.497. The number of carbonyl (C=O) groups excluding carboxylic acids is 5. The molecule has 0 saturated heterocycles. The topological polar surface area (TPSA) is 166 Å². The Bertz CT molecular complexity index is 867. The SMILES string of the molecule is COC(=O)CBr.COC(=O)COc1cccc(C=O)c1.O=CO[O-].O=Cc1cccc(O)c1.[2HH].[K+].[K]. The summed E-state index contributed by atoms with van der Waals surface area (Å²) in [7, 11) is 2.64. The van der Waals surface area contributed by atoms with Gasteiger partial charge in [0.25, 0.3) is 6.47 Å². The number of phenolic OH excluding ortho intramolecular Hbond substituents is 1. The van der Waals surface area contributed by atoms with Crippen LogP contribution in [0.3, 0.4) is 0 Å². The first-order valence-electron chi connectivity index (χ1n) is 8.65. The van der Waals surface area contributed by atoms with E-state index in [2.05, 4.69) is 30.3 Å². The number of rotatable bonds is 7. The summed E-state index contributed by atoms with van der Waals surface area (Å²) in [6.07, 6.45) is 1.41. The predicted octanol–water partition coefficient (Wildman–Crippen LogP) is -1.89. The fourth-order valence-electron chi connectivity index (χ4n) is 1.53. The van der Waals surface area contributed by atoms with Crippen molar-refractivity contribution in [1.82, 2.24) is 0 Å². The molecule has 35 heavy (non-hydrogen) atoms. The zero-order valence-corrected chi connectivity index (χ0v) is 27.5. The van der Waals surface area contributed by atoms with Crippen molar-refractivity contribution in [2.75, 3.05) is 26.2 Å². The van der Waals surface area contributed by atoms with Gasteiger partial charge >= 0.3 is 63.3 Å². The molecule has 0 aromatic heterocycles. The number of alkyl halides is 1. The van der Waals surface area contributed by atoms with Crippen molar-refractivity contribution in [3.63, 3.8) is 0 Å². The second kappa shape index (κ2) is 29.7. The minimum absolute atomic E-state index is 0. The molecule has 2 aromatic carbocycles. The molecule has 0 unspecified atom stereocenters. The molecule has 183 valence electrons. The quantitative estimate of drug-likeness (QED) is 0.0930. The maximum Gasteiger partial charge on any atom is 1.00 e.